The molecule has 70 valence electrons. The number of hydrogen-bond acceptors (Lipinski definition) is 1. The molecule has 0 aliphatic carbocycles. The molecule has 0 aromatic heterocycles. The monoisotopic (exact) mass is 288 g/mol. The molecule has 13 heavy (non-hydrogen) atoms. The predicted octanol–water partition coefficient (Wildman–Crippen LogP) is 3.53. The van der Waals surface area contributed by atoms with E-state index in [-0.39, 0.29) is 0 Å². The van der Waals surface area contributed by atoms with Crippen LogP contribution in [0.3, 0.4) is 0 Å². The molecule has 0 atom stereocenters. The van der Waals surface area contributed by atoms with Gasteiger partial charge in [-0.25, -0.2) is 0 Å². The summed E-state index contributed by atoms with van der Waals surface area (Å²) in [6.07, 6.45) is 2.93. The molecule has 0 fully saturated rings. The largest absolute Gasteiger partial charge is 0.494 e. The van der Waals surface area contributed by atoms with Gasteiger partial charge < -0.3 is 4.74 Å². The molecule has 1 aromatic rings. The van der Waals surface area contributed by atoms with E-state index in [1.165, 1.54) is 0 Å². The van der Waals surface area contributed by atoms with E-state index < -0.39 is 0 Å². The Morgan fingerprint density at radius 2 is 2.00 bits per heavy atom. The summed E-state index contributed by atoms with van der Waals surface area (Å²) in [5, 5.41) is 0. The van der Waals surface area contributed by atoms with Gasteiger partial charge in [-0.15, -0.1) is 0 Å². The Hall–Kier alpha value is -0.510. The number of rotatable bonds is 5. The second kappa shape index (κ2) is 6.02. The van der Waals surface area contributed by atoms with E-state index in [1.54, 1.807) is 0 Å². The third-order valence-electron chi connectivity index (χ3n) is 1.66. The lowest BCUT2D eigenvalue weighted by Crippen LogP contribution is -1.97. The lowest BCUT2D eigenvalue weighted by atomic mass is 10.2. The van der Waals surface area contributed by atoms with Crippen molar-refractivity contribution in [2.75, 3.05) is 11.0 Å². The molecule has 1 rings (SSSR count). The molecule has 0 aliphatic rings. The summed E-state index contributed by atoms with van der Waals surface area (Å²) in [4.78, 5) is 0. The molecular formula is C11H13IO. The zero-order valence-electron chi connectivity index (χ0n) is 7.50. The number of alkyl halides is 1. The van der Waals surface area contributed by atoms with Crippen molar-refractivity contribution in [3.8, 4) is 5.75 Å². The molecule has 0 unspecified atom stereocenters. The van der Waals surface area contributed by atoms with Crippen molar-refractivity contribution in [3.63, 3.8) is 0 Å². The van der Waals surface area contributed by atoms with Gasteiger partial charge in [0.05, 0.1) is 6.61 Å². The molecule has 0 N–H and O–H groups in total. The molecule has 0 aliphatic heterocycles. The highest BCUT2D eigenvalue weighted by molar-refractivity contribution is 14.1. The van der Waals surface area contributed by atoms with Crippen molar-refractivity contribution in [1.29, 1.82) is 0 Å². The maximum Gasteiger partial charge on any atom is 0.119 e. The molecule has 0 amide bonds. The van der Waals surface area contributed by atoms with Gasteiger partial charge in [-0.1, -0.05) is 47.4 Å². The minimum atomic E-state index is 0.802. The molecule has 0 heterocycles. The third-order valence-corrected chi connectivity index (χ3v) is 2.43. The standard InChI is InChI=1S/C11H13IO/c1-2-10-4-6-11(7-5-10)13-9-3-8-12/h2,4-7H,1,3,8-9H2. The summed E-state index contributed by atoms with van der Waals surface area (Å²) in [7, 11) is 0. The van der Waals surface area contributed by atoms with Crippen LogP contribution in [0.15, 0.2) is 30.8 Å². The van der Waals surface area contributed by atoms with Crippen molar-refractivity contribution in [2.24, 2.45) is 0 Å². The Kier molecular flexibility index (Phi) is 4.90. The molecule has 0 saturated heterocycles. The van der Waals surface area contributed by atoms with Crippen LogP contribution in [0.25, 0.3) is 6.08 Å². The quantitative estimate of drug-likeness (QED) is 0.457. The van der Waals surface area contributed by atoms with Crippen LogP contribution in [0, 0.1) is 0 Å². The van der Waals surface area contributed by atoms with E-state index in [4.69, 9.17) is 4.74 Å². The van der Waals surface area contributed by atoms with Crippen LogP contribution in [0.5, 0.6) is 5.75 Å². The zero-order chi connectivity index (χ0) is 9.52. The molecule has 0 bridgehead atoms. The summed E-state index contributed by atoms with van der Waals surface area (Å²) in [6, 6.07) is 7.97. The first kappa shape index (κ1) is 10.6. The van der Waals surface area contributed by atoms with Crippen LogP contribution in [0.4, 0.5) is 0 Å². The van der Waals surface area contributed by atoms with Gasteiger partial charge in [0.15, 0.2) is 0 Å². The Labute approximate surface area is 92.9 Å². The van der Waals surface area contributed by atoms with Crippen molar-refractivity contribution < 1.29 is 4.74 Å². The fourth-order valence-electron chi connectivity index (χ4n) is 0.945. The van der Waals surface area contributed by atoms with Gasteiger partial charge in [-0.2, -0.15) is 0 Å². The first-order chi connectivity index (χ1) is 6.36. The van der Waals surface area contributed by atoms with Crippen LogP contribution in [-0.4, -0.2) is 11.0 Å². The zero-order valence-corrected chi connectivity index (χ0v) is 9.66. The van der Waals surface area contributed by atoms with Gasteiger partial charge in [0.2, 0.25) is 0 Å². The lowest BCUT2D eigenvalue weighted by molar-refractivity contribution is 0.319. The average molecular weight is 288 g/mol. The summed E-state index contributed by atoms with van der Waals surface area (Å²) < 4.78 is 6.65. The summed E-state index contributed by atoms with van der Waals surface area (Å²) >= 11 is 2.35. The Bertz CT molecular complexity index is 253. The summed E-state index contributed by atoms with van der Waals surface area (Å²) in [5.41, 5.74) is 1.13. The van der Waals surface area contributed by atoms with E-state index in [9.17, 15) is 0 Å². The normalized spacial score (nSPS) is 9.62. The first-order valence-corrected chi connectivity index (χ1v) is 5.80. The van der Waals surface area contributed by atoms with Crippen LogP contribution < -0.4 is 4.74 Å². The molecule has 1 nitrogen and oxygen atoms in total. The van der Waals surface area contributed by atoms with E-state index in [0.717, 1.165) is 28.8 Å². The fourth-order valence-corrected chi connectivity index (χ4v) is 1.26. The fraction of sp³-hybridized carbons (Fsp3) is 0.273. The van der Waals surface area contributed by atoms with E-state index >= 15 is 0 Å². The van der Waals surface area contributed by atoms with Gasteiger partial charge in [-0.05, 0) is 24.1 Å². The maximum atomic E-state index is 5.51. The summed E-state index contributed by atoms with van der Waals surface area (Å²) in [6.45, 7) is 4.50. The Morgan fingerprint density at radius 1 is 1.31 bits per heavy atom. The molecular weight excluding hydrogens is 275 g/mol. The van der Waals surface area contributed by atoms with Gasteiger partial charge in [0.25, 0.3) is 0 Å². The van der Waals surface area contributed by atoms with Gasteiger partial charge in [0, 0.05) is 4.43 Å². The second-order valence-electron chi connectivity index (χ2n) is 2.66. The number of hydrogen-bond donors (Lipinski definition) is 0. The Balaban J connectivity index is 2.44. The van der Waals surface area contributed by atoms with Crippen molar-refractivity contribution in [2.45, 2.75) is 6.42 Å². The molecule has 0 saturated carbocycles. The lowest BCUT2D eigenvalue weighted by Gasteiger charge is -2.04. The highest BCUT2D eigenvalue weighted by Gasteiger charge is 1.92. The highest BCUT2D eigenvalue weighted by atomic mass is 127. The van der Waals surface area contributed by atoms with E-state index in [1.807, 2.05) is 30.3 Å². The highest BCUT2D eigenvalue weighted by Crippen LogP contribution is 2.12. The van der Waals surface area contributed by atoms with E-state index in [0.29, 0.717) is 0 Å². The molecule has 0 radical (unpaired) electrons. The van der Waals surface area contributed by atoms with Crippen LogP contribution in [-0.2, 0) is 0 Å². The number of ether oxygens (including phenoxy) is 1. The first-order valence-electron chi connectivity index (χ1n) is 4.28. The van der Waals surface area contributed by atoms with Crippen LogP contribution in [0.2, 0.25) is 0 Å². The third kappa shape index (κ3) is 3.81. The van der Waals surface area contributed by atoms with Crippen LogP contribution in [0.1, 0.15) is 12.0 Å². The van der Waals surface area contributed by atoms with Crippen LogP contribution >= 0.6 is 22.6 Å². The Morgan fingerprint density at radius 3 is 2.54 bits per heavy atom. The van der Waals surface area contributed by atoms with E-state index in [2.05, 4.69) is 29.2 Å². The van der Waals surface area contributed by atoms with Crippen molar-refractivity contribution >= 4 is 28.7 Å². The second-order valence-corrected chi connectivity index (χ2v) is 3.74. The van der Waals surface area contributed by atoms with Gasteiger partial charge in [0.1, 0.15) is 5.75 Å². The maximum absolute atomic E-state index is 5.51. The average Bonchev–Trinajstić information content (AvgIpc) is 2.19. The van der Waals surface area contributed by atoms with Crippen molar-refractivity contribution in [1.82, 2.24) is 0 Å². The SMILES string of the molecule is C=Cc1ccc(OCCCI)cc1. The minimum Gasteiger partial charge on any atom is -0.494 e. The molecule has 1 aromatic carbocycles. The van der Waals surface area contributed by atoms with Crippen molar-refractivity contribution in [3.05, 3.63) is 36.4 Å². The molecule has 2 heteroatoms. The molecule has 0 spiro atoms. The topological polar surface area (TPSA) is 9.23 Å². The smallest absolute Gasteiger partial charge is 0.119 e. The van der Waals surface area contributed by atoms with Gasteiger partial charge in [-0.3, -0.25) is 0 Å². The predicted molar refractivity (Wildman–Crippen MR) is 65.5 cm³/mol. The van der Waals surface area contributed by atoms with Gasteiger partial charge >= 0.3 is 0 Å². The number of benzene rings is 1. The number of halogens is 1. The summed E-state index contributed by atoms with van der Waals surface area (Å²) in [5.74, 6) is 0.940. The minimum absolute atomic E-state index is 0.802.